The molecule has 98 valence electrons. The van der Waals surface area contributed by atoms with E-state index in [1.54, 1.807) is 7.11 Å². The van der Waals surface area contributed by atoms with Gasteiger partial charge in [-0.05, 0) is 35.7 Å². The van der Waals surface area contributed by atoms with Crippen LogP contribution in [0.4, 0.5) is 0 Å². The zero-order chi connectivity index (χ0) is 12.7. The van der Waals surface area contributed by atoms with Crippen LogP contribution in [-0.2, 0) is 11.2 Å². The Balaban J connectivity index is 2.44. The van der Waals surface area contributed by atoms with Crippen LogP contribution in [0, 0.1) is 11.3 Å². The predicted octanol–water partition coefficient (Wildman–Crippen LogP) is 3.19. The standard InChI is InChI=1S/C14H25NOS/c1-14(2,3)12(11-15-7-8-16-4)10-13-6-5-9-17-13/h5-6,9,12,15H,7-8,10-11H2,1-4H3. The maximum Gasteiger partial charge on any atom is 0.0587 e. The molecule has 1 aromatic heterocycles. The van der Waals surface area contributed by atoms with E-state index >= 15 is 0 Å². The van der Waals surface area contributed by atoms with Crippen molar-refractivity contribution >= 4 is 11.3 Å². The SMILES string of the molecule is COCCNCC(Cc1cccs1)C(C)(C)C. The molecule has 2 nitrogen and oxygen atoms in total. The van der Waals surface area contributed by atoms with Crippen LogP contribution in [0.3, 0.4) is 0 Å². The van der Waals surface area contributed by atoms with Crippen molar-refractivity contribution < 1.29 is 4.74 Å². The summed E-state index contributed by atoms with van der Waals surface area (Å²) >= 11 is 1.86. The molecule has 1 unspecified atom stereocenters. The molecule has 0 aliphatic rings. The van der Waals surface area contributed by atoms with E-state index in [-0.39, 0.29) is 0 Å². The van der Waals surface area contributed by atoms with Gasteiger partial charge in [-0.3, -0.25) is 0 Å². The lowest BCUT2D eigenvalue weighted by Crippen LogP contribution is -2.34. The van der Waals surface area contributed by atoms with Gasteiger partial charge in [0.2, 0.25) is 0 Å². The average molecular weight is 255 g/mol. The smallest absolute Gasteiger partial charge is 0.0587 e. The summed E-state index contributed by atoms with van der Waals surface area (Å²) in [4.78, 5) is 1.48. The number of ether oxygens (including phenoxy) is 1. The normalized spacial score (nSPS) is 13.9. The van der Waals surface area contributed by atoms with Crippen molar-refractivity contribution in [1.29, 1.82) is 0 Å². The number of hydrogen-bond donors (Lipinski definition) is 1. The molecular formula is C14H25NOS. The summed E-state index contributed by atoms with van der Waals surface area (Å²) in [5.41, 5.74) is 0.337. The third-order valence-electron chi connectivity index (χ3n) is 3.13. The Hall–Kier alpha value is -0.380. The average Bonchev–Trinajstić information content (AvgIpc) is 2.73. The second-order valence-electron chi connectivity index (χ2n) is 5.54. The quantitative estimate of drug-likeness (QED) is 0.756. The highest BCUT2D eigenvalue weighted by Gasteiger charge is 2.24. The molecule has 17 heavy (non-hydrogen) atoms. The molecule has 0 bridgehead atoms. The van der Waals surface area contributed by atoms with Crippen LogP contribution < -0.4 is 5.32 Å². The Bertz CT molecular complexity index is 290. The summed E-state index contributed by atoms with van der Waals surface area (Å²) in [5, 5.41) is 5.65. The van der Waals surface area contributed by atoms with Gasteiger partial charge >= 0.3 is 0 Å². The molecule has 1 heterocycles. The Labute approximate surface area is 109 Å². The first-order valence-electron chi connectivity index (χ1n) is 6.26. The molecule has 0 aliphatic heterocycles. The summed E-state index contributed by atoms with van der Waals surface area (Å²) in [7, 11) is 1.74. The number of hydrogen-bond acceptors (Lipinski definition) is 3. The number of methoxy groups -OCH3 is 1. The van der Waals surface area contributed by atoms with E-state index in [0.717, 1.165) is 19.7 Å². The Morgan fingerprint density at radius 3 is 2.71 bits per heavy atom. The van der Waals surface area contributed by atoms with Gasteiger partial charge in [-0.1, -0.05) is 26.8 Å². The monoisotopic (exact) mass is 255 g/mol. The summed E-state index contributed by atoms with van der Waals surface area (Å²) in [5.74, 6) is 0.665. The molecule has 3 heteroatoms. The summed E-state index contributed by atoms with van der Waals surface area (Å²) in [6.45, 7) is 9.75. The minimum atomic E-state index is 0.337. The van der Waals surface area contributed by atoms with Crippen molar-refractivity contribution in [2.45, 2.75) is 27.2 Å². The fourth-order valence-corrected chi connectivity index (χ4v) is 2.59. The third-order valence-corrected chi connectivity index (χ3v) is 4.02. The van der Waals surface area contributed by atoms with Crippen molar-refractivity contribution in [2.24, 2.45) is 11.3 Å². The lowest BCUT2D eigenvalue weighted by molar-refractivity contribution is 0.186. The van der Waals surface area contributed by atoms with Gasteiger partial charge in [0, 0.05) is 18.5 Å². The van der Waals surface area contributed by atoms with Gasteiger partial charge in [-0.15, -0.1) is 11.3 Å². The van der Waals surface area contributed by atoms with Gasteiger partial charge in [0.05, 0.1) is 6.61 Å². The number of rotatable bonds is 7. The second kappa shape index (κ2) is 7.14. The fourth-order valence-electron chi connectivity index (χ4n) is 1.81. The zero-order valence-electron chi connectivity index (χ0n) is 11.5. The van der Waals surface area contributed by atoms with Crippen molar-refractivity contribution in [2.75, 3.05) is 26.8 Å². The van der Waals surface area contributed by atoms with Crippen molar-refractivity contribution in [3.8, 4) is 0 Å². The highest BCUT2D eigenvalue weighted by Crippen LogP contribution is 2.29. The molecule has 0 radical (unpaired) electrons. The lowest BCUT2D eigenvalue weighted by atomic mass is 9.78. The van der Waals surface area contributed by atoms with E-state index in [2.05, 4.69) is 43.6 Å². The van der Waals surface area contributed by atoms with Crippen molar-refractivity contribution in [3.63, 3.8) is 0 Å². The molecule has 1 N–H and O–H groups in total. The molecule has 0 spiro atoms. The third kappa shape index (κ3) is 5.66. The minimum Gasteiger partial charge on any atom is -0.383 e. The molecule has 0 aromatic carbocycles. The first kappa shape index (κ1) is 14.7. The van der Waals surface area contributed by atoms with Crippen molar-refractivity contribution in [1.82, 2.24) is 5.32 Å². The molecular weight excluding hydrogens is 230 g/mol. The van der Waals surface area contributed by atoms with Gasteiger partial charge < -0.3 is 10.1 Å². The number of nitrogens with one attached hydrogen (secondary N) is 1. The van der Waals surface area contributed by atoms with E-state index in [1.165, 1.54) is 11.3 Å². The second-order valence-corrected chi connectivity index (χ2v) is 6.58. The molecule has 0 fully saturated rings. The van der Waals surface area contributed by atoms with E-state index < -0.39 is 0 Å². The molecule has 0 saturated carbocycles. The molecule has 1 atom stereocenters. The Morgan fingerprint density at radius 2 is 2.18 bits per heavy atom. The minimum absolute atomic E-state index is 0.337. The zero-order valence-corrected chi connectivity index (χ0v) is 12.3. The van der Waals surface area contributed by atoms with E-state index in [0.29, 0.717) is 11.3 Å². The molecule has 0 aliphatic carbocycles. The van der Waals surface area contributed by atoms with Gasteiger partial charge in [0.15, 0.2) is 0 Å². The first-order chi connectivity index (χ1) is 8.04. The van der Waals surface area contributed by atoms with E-state index in [1.807, 2.05) is 11.3 Å². The van der Waals surface area contributed by atoms with Crippen LogP contribution in [0.1, 0.15) is 25.6 Å². The van der Waals surface area contributed by atoms with Gasteiger partial charge in [-0.2, -0.15) is 0 Å². The summed E-state index contributed by atoms with van der Waals surface area (Å²) in [6, 6.07) is 4.37. The van der Waals surface area contributed by atoms with Gasteiger partial charge in [-0.25, -0.2) is 0 Å². The summed E-state index contributed by atoms with van der Waals surface area (Å²) in [6.07, 6.45) is 1.17. The topological polar surface area (TPSA) is 21.3 Å². The van der Waals surface area contributed by atoms with Crippen LogP contribution in [0.5, 0.6) is 0 Å². The van der Waals surface area contributed by atoms with Gasteiger partial charge in [0.25, 0.3) is 0 Å². The Kier molecular flexibility index (Phi) is 6.17. The maximum atomic E-state index is 5.05. The van der Waals surface area contributed by atoms with E-state index in [9.17, 15) is 0 Å². The van der Waals surface area contributed by atoms with E-state index in [4.69, 9.17) is 4.74 Å². The predicted molar refractivity (Wildman–Crippen MR) is 75.7 cm³/mol. The maximum absolute atomic E-state index is 5.05. The first-order valence-corrected chi connectivity index (χ1v) is 7.14. The molecule has 0 saturated heterocycles. The summed E-state index contributed by atoms with van der Waals surface area (Å²) < 4.78 is 5.05. The lowest BCUT2D eigenvalue weighted by Gasteiger charge is -2.30. The van der Waals surface area contributed by atoms with Crippen molar-refractivity contribution in [3.05, 3.63) is 22.4 Å². The highest BCUT2D eigenvalue weighted by atomic mass is 32.1. The van der Waals surface area contributed by atoms with Crippen LogP contribution in [-0.4, -0.2) is 26.8 Å². The molecule has 0 amide bonds. The molecule has 1 rings (SSSR count). The van der Waals surface area contributed by atoms with Crippen LogP contribution >= 0.6 is 11.3 Å². The Morgan fingerprint density at radius 1 is 1.41 bits per heavy atom. The molecule has 1 aromatic rings. The number of thiophene rings is 1. The van der Waals surface area contributed by atoms with Crippen LogP contribution in [0.25, 0.3) is 0 Å². The fraction of sp³-hybridized carbons (Fsp3) is 0.714. The van der Waals surface area contributed by atoms with Gasteiger partial charge in [0.1, 0.15) is 0 Å². The van der Waals surface area contributed by atoms with Crippen LogP contribution in [0.15, 0.2) is 17.5 Å². The van der Waals surface area contributed by atoms with Crippen LogP contribution in [0.2, 0.25) is 0 Å². The highest BCUT2D eigenvalue weighted by molar-refractivity contribution is 7.09. The largest absolute Gasteiger partial charge is 0.383 e.